The van der Waals surface area contributed by atoms with Crippen LogP contribution in [0.4, 0.5) is 0 Å². The number of nitrogens with zero attached hydrogens (tertiary/aromatic N) is 2. The van der Waals surface area contributed by atoms with Crippen LogP contribution in [-0.2, 0) is 29.2 Å². The quantitative estimate of drug-likeness (QED) is 0.610. The van der Waals surface area contributed by atoms with E-state index in [0.29, 0.717) is 13.1 Å². The molecule has 1 aliphatic heterocycles. The minimum Gasteiger partial charge on any atom is -0.379 e. The number of likely N-dealkylation sites (N-methyl/N-ethyl adjacent to an activating group) is 1. The predicted molar refractivity (Wildman–Crippen MR) is 125 cm³/mol. The second-order valence-electron chi connectivity index (χ2n) is 8.34. The SMILES string of the molecule is CN(CC(=O)NCc1ccc(CN2CCOCC2)cc1)Cc1ccc2ccccc2c1. The largest absolute Gasteiger partial charge is 0.379 e. The Kier molecular flexibility index (Phi) is 7.30. The molecule has 0 bridgehead atoms. The summed E-state index contributed by atoms with van der Waals surface area (Å²) in [6, 6.07) is 23.3. The van der Waals surface area contributed by atoms with Gasteiger partial charge in [0.05, 0.1) is 19.8 Å². The molecule has 1 heterocycles. The van der Waals surface area contributed by atoms with Crippen LogP contribution in [0.5, 0.6) is 0 Å². The first-order chi connectivity index (χ1) is 15.2. The molecule has 0 aliphatic carbocycles. The second kappa shape index (κ2) is 10.5. The molecule has 0 spiro atoms. The van der Waals surface area contributed by atoms with Gasteiger partial charge in [-0.2, -0.15) is 0 Å². The van der Waals surface area contributed by atoms with Gasteiger partial charge in [0.1, 0.15) is 0 Å². The molecule has 1 N–H and O–H groups in total. The lowest BCUT2D eigenvalue weighted by molar-refractivity contribution is -0.122. The number of benzene rings is 3. The molecule has 162 valence electrons. The van der Waals surface area contributed by atoms with E-state index in [-0.39, 0.29) is 5.91 Å². The maximum absolute atomic E-state index is 12.4. The van der Waals surface area contributed by atoms with Crippen LogP contribution in [0.3, 0.4) is 0 Å². The fraction of sp³-hybridized carbons (Fsp3) is 0.346. The van der Waals surface area contributed by atoms with Gasteiger partial charge in [-0.1, -0.05) is 60.7 Å². The number of carbonyl (C=O) groups is 1. The molecule has 1 amide bonds. The predicted octanol–water partition coefficient (Wildman–Crippen LogP) is 3.42. The van der Waals surface area contributed by atoms with Crippen molar-refractivity contribution < 1.29 is 9.53 Å². The van der Waals surface area contributed by atoms with Crippen LogP contribution in [0.25, 0.3) is 10.8 Å². The minimum absolute atomic E-state index is 0.0423. The zero-order valence-corrected chi connectivity index (χ0v) is 18.2. The van der Waals surface area contributed by atoms with E-state index >= 15 is 0 Å². The third kappa shape index (κ3) is 6.37. The van der Waals surface area contributed by atoms with Gasteiger partial charge in [-0.05, 0) is 40.6 Å². The molecule has 4 rings (SSSR count). The van der Waals surface area contributed by atoms with Gasteiger partial charge in [0.15, 0.2) is 0 Å². The first-order valence-electron chi connectivity index (χ1n) is 11.0. The van der Waals surface area contributed by atoms with Gasteiger partial charge in [-0.25, -0.2) is 0 Å². The molecule has 5 heteroatoms. The van der Waals surface area contributed by atoms with Gasteiger partial charge in [-0.15, -0.1) is 0 Å². The Labute approximate surface area is 184 Å². The summed E-state index contributed by atoms with van der Waals surface area (Å²) in [5, 5.41) is 5.51. The summed E-state index contributed by atoms with van der Waals surface area (Å²) in [5.74, 6) is 0.0423. The third-order valence-electron chi connectivity index (χ3n) is 5.70. The number of nitrogens with one attached hydrogen (secondary N) is 1. The van der Waals surface area contributed by atoms with Gasteiger partial charge < -0.3 is 10.1 Å². The van der Waals surface area contributed by atoms with E-state index in [1.54, 1.807) is 0 Å². The Balaban J connectivity index is 1.21. The molecule has 0 saturated carbocycles. The maximum atomic E-state index is 12.4. The number of hydrogen-bond donors (Lipinski definition) is 1. The van der Waals surface area contributed by atoms with Crippen molar-refractivity contribution in [2.24, 2.45) is 0 Å². The normalized spacial score (nSPS) is 14.8. The van der Waals surface area contributed by atoms with E-state index in [9.17, 15) is 4.79 Å². The fourth-order valence-electron chi connectivity index (χ4n) is 3.99. The van der Waals surface area contributed by atoms with Crippen molar-refractivity contribution in [2.75, 3.05) is 39.9 Å². The van der Waals surface area contributed by atoms with Crippen molar-refractivity contribution in [1.29, 1.82) is 0 Å². The zero-order valence-electron chi connectivity index (χ0n) is 18.2. The van der Waals surface area contributed by atoms with Gasteiger partial charge >= 0.3 is 0 Å². The van der Waals surface area contributed by atoms with E-state index < -0.39 is 0 Å². The van der Waals surface area contributed by atoms with Crippen LogP contribution in [-0.4, -0.2) is 55.6 Å². The topological polar surface area (TPSA) is 44.8 Å². The van der Waals surface area contributed by atoms with Crippen LogP contribution in [0, 0.1) is 0 Å². The number of carbonyl (C=O) groups excluding carboxylic acids is 1. The highest BCUT2D eigenvalue weighted by Crippen LogP contribution is 2.16. The standard InChI is InChI=1S/C26H31N3O2/c1-28(18-23-10-11-24-4-2-3-5-25(24)16-23)20-26(30)27-17-21-6-8-22(9-7-21)19-29-12-14-31-15-13-29/h2-11,16H,12-15,17-20H2,1H3,(H,27,30). The first-order valence-corrected chi connectivity index (χ1v) is 11.0. The third-order valence-corrected chi connectivity index (χ3v) is 5.70. The molecule has 1 saturated heterocycles. The summed E-state index contributed by atoms with van der Waals surface area (Å²) < 4.78 is 5.40. The monoisotopic (exact) mass is 417 g/mol. The van der Waals surface area contributed by atoms with Crippen molar-refractivity contribution >= 4 is 16.7 Å². The zero-order chi connectivity index (χ0) is 21.5. The van der Waals surface area contributed by atoms with Crippen LogP contribution in [0.2, 0.25) is 0 Å². The van der Waals surface area contributed by atoms with Crippen LogP contribution in [0.15, 0.2) is 66.7 Å². The minimum atomic E-state index is 0.0423. The molecule has 1 fully saturated rings. The highest BCUT2D eigenvalue weighted by atomic mass is 16.5. The number of hydrogen-bond acceptors (Lipinski definition) is 4. The summed E-state index contributed by atoms with van der Waals surface area (Å²) >= 11 is 0. The van der Waals surface area contributed by atoms with Gasteiger partial charge in [-0.3, -0.25) is 14.6 Å². The van der Waals surface area contributed by atoms with Crippen molar-refractivity contribution in [3.05, 3.63) is 83.4 Å². The lowest BCUT2D eigenvalue weighted by Gasteiger charge is -2.26. The molecule has 5 nitrogen and oxygen atoms in total. The van der Waals surface area contributed by atoms with E-state index in [1.807, 2.05) is 11.9 Å². The number of morpholine rings is 1. The molecule has 0 aromatic heterocycles. The van der Waals surface area contributed by atoms with E-state index in [1.165, 1.54) is 21.9 Å². The summed E-state index contributed by atoms with van der Waals surface area (Å²) in [4.78, 5) is 16.8. The van der Waals surface area contributed by atoms with Crippen molar-refractivity contribution in [3.63, 3.8) is 0 Å². The van der Waals surface area contributed by atoms with E-state index in [0.717, 1.165) is 45.0 Å². The Bertz CT molecular complexity index is 997. The van der Waals surface area contributed by atoms with Gasteiger partial charge in [0, 0.05) is 32.7 Å². The van der Waals surface area contributed by atoms with Crippen molar-refractivity contribution in [1.82, 2.24) is 15.1 Å². The Hall–Kier alpha value is -2.73. The summed E-state index contributed by atoms with van der Waals surface area (Å²) in [5.41, 5.74) is 3.63. The van der Waals surface area contributed by atoms with E-state index in [2.05, 4.69) is 76.9 Å². The maximum Gasteiger partial charge on any atom is 0.234 e. The highest BCUT2D eigenvalue weighted by Gasteiger charge is 2.11. The van der Waals surface area contributed by atoms with Gasteiger partial charge in [0.25, 0.3) is 0 Å². The average molecular weight is 418 g/mol. The van der Waals surface area contributed by atoms with Crippen LogP contribution >= 0.6 is 0 Å². The number of ether oxygens (including phenoxy) is 1. The molecule has 0 unspecified atom stereocenters. The van der Waals surface area contributed by atoms with Crippen LogP contribution < -0.4 is 5.32 Å². The number of amides is 1. The number of rotatable bonds is 8. The summed E-state index contributed by atoms with van der Waals surface area (Å²) in [6.07, 6.45) is 0. The Morgan fingerprint density at radius 2 is 1.61 bits per heavy atom. The summed E-state index contributed by atoms with van der Waals surface area (Å²) in [7, 11) is 1.98. The Morgan fingerprint density at radius 1 is 0.935 bits per heavy atom. The molecule has 31 heavy (non-hydrogen) atoms. The molecular weight excluding hydrogens is 386 g/mol. The molecule has 0 radical (unpaired) electrons. The summed E-state index contributed by atoms with van der Waals surface area (Å²) in [6.45, 7) is 6.25. The fourth-order valence-corrected chi connectivity index (χ4v) is 3.99. The van der Waals surface area contributed by atoms with Crippen molar-refractivity contribution in [2.45, 2.75) is 19.6 Å². The lowest BCUT2D eigenvalue weighted by Crippen LogP contribution is -2.35. The lowest BCUT2D eigenvalue weighted by atomic mass is 10.1. The smallest absolute Gasteiger partial charge is 0.234 e. The Morgan fingerprint density at radius 3 is 2.39 bits per heavy atom. The molecule has 3 aromatic rings. The molecule has 3 aromatic carbocycles. The van der Waals surface area contributed by atoms with Crippen molar-refractivity contribution in [3.8, 4) is 0 Å². The molecule has 0 atom stereocenters. The second-order valence-corrected chi connectivity index (χ2v) is 8.34. The molecular formula is C26H31N3O2. The highest BCUT2D eigenvalue weighted by molar-refractivity contribution is 5.83. The van der Waals surface area contributed by atoms with Crippen LogP contribution in [0.1, 0.15) is 16.7 Å². The molecule has 1 aliphatic rings. The number of fused-ring (bicyclic) bond motifs is 1. The first kappa shape index (κ1) is 21.5. The van der Waals surface area contributed by atoms with E-state index in [4.69, 9.17) is 4.74 Å². The average Bonchev–Trinajstić information content (AvgIpc) is 2.79. The van der Waals surface area contributed by atoms with Gasteiger partial charge in [0.2, 0.25) is 5.91 Å².